The van der Waals surface area contributed by atoms with Gasteiger partial charge in [-0.2, -0.15) is 4.98 Å². The van der Waals surface area contributed by atoms with E-state index in [9.17, 15) is 9.18 Å². The van der Waals surface area contributed by atoms with E-state index in [1.807, 2.05) is 30.0 Å². The second-order valence-electron chi connectivity index (χ2n) is 8.35. The van der Waals surface area contributed by atoms with Crippen molar-refractivity contribution in [2.45, 2.75) is 39.2 Å². The summed E-state index contributed by atoms with van der Waals surface area (Å²) in [4.78, 5) is 21.2. The predicted octanol–water partition coefficient (Wildman–Crippen LogP) is 4.41. The van der Waals surface area contributed by atoms with E-state index >= 15 is 0 Å². The second-order valence-corrected chi connectivity index (χ2v) is 8.35. The van der Waals surface area contributed by atoms with Crippen LogP contribution in [-0.2, 0) is 11.2 Å². The van der Waals surface area contributed by atoms with Crippen molar-refractivity contribution >= 4 is 5.91 Å². The molecule has 4 rings (SSSR count). The summed E-state index contributed by atoms with van der Waals surface area (Å²) in [5, 5.41) is 4.03. The van der Waals surface area contributed by atoms with Crippen LogP contribution in [0.5, 0.6) is 0 Å². The lowest BCUT2D eigenvalue weighted by atomic mass is 10.1. The number of aryl methyl sites for hydroxylation is 2. The summed E-state index contributed by atoms with van der Waals surface area (Å²) >= 11 is 0. The monoisotopic (exact) mass is 436 g/mol. The first-order valence-corrected chi connectivity index (χ1v) is 11.2. The number of piperazine rings is 1. The fourth-order valence-electron chi connectivity index (χ4n) is 4.02. The van der Waals surface area contributed by atoms with E-state index in [1.54, 1.807) is 19.1 Å². The third-order valence-corrected chi connectivity index (χ3v) is 6.14. The molecule has 1 saturated heterocycles. The number of halogens is 1. The summed E-state index contributed by atoms with van der Waals surface area (Å²) in [6.07, 6.45) is 2.36. The third-order valence-electron chi connectivity index (χ3n) is 6.14. The van der Waals surface area contributed by atoms with Gasteiger partial charge in [-0.05, 0) is 43.9 Å². The fraction of sp³-hybridized carbons (Fsp3) is 0.400. The second kappa shape index (κ2) is 10.0. The first-order valence-electron chi connectivity index (χ1n) is 11.2. The lowest BCUT2D eigenvalue weighted by Gasteiger charge is -2.36. The molecule has 1 aromatic heterocycles. The highest BCUT2D eigenvalue weighted by Crippen LogP contribution is 2.24. The summed E-state index contributed by atoms with van der Waals surface area (Å²) < 4.78 is 19.3. The maximum absolute atomic E-state index is 13.9. The van der Waals surface area contributed by atoms with Crippen LogP contribution in [0.25, 0.3) is 11.4 Å². The zero-order valence-electron chi connectivity index (χ0n) is 18.6. The molecule has 1 atom stereocenters. The van der Waals surface area contributed by atoms with E-state index in [0.29, 0.717) is 42.4 Å². The minimum atomic E-state index is -0.286. The lowest BCUT2D eigenvalue weighted by Crippen LogP contribution is -2.49. The molecular weight excluding hydrogens is 407 g/mol. The molecule has 1 aliphatic rings. The Kier molecular flexibility index (Phi) is 6.95. The average molecular weight is 437 g/mol. The molecule has 2 aromatic carbocycles. The van der Waals surface area contributed by atoms with Gasteiger partial charge in [0, 0.05) is 38.2 Å². The molecule has 1 unspecified atom stereocenters. The minimum Gasteiger partial charge on any atom is -0.340 e. The van der Waals surface area contributed by atoms with Crippen LogP contribution in [-0.4, -0.2) is 52.0 Å². The van der Waals surface area contributed by atoms with Crippen LogP contribution in [0, 0.1) is 12.7 Å². The molecular formula is C25H29FN4O2. The van der Waals surface area contributed by atoms with E-state index in [0.717, 1.165) is 25.9 Å². The summed E-state index contributed by atoms with van der Waals surface area (Å²) in [6, 6.07) is 15.1. The Morgan fingerprint density at radius 2 is 1.88 bits per heavy atom. The van der Waals surface area contributed by atoms with Gasteiger partial charge < -0.3 is 9.42 Å². The van der Waals surface area contributed by atoms with Crippen molar-refractivity contribution in [1.29, 1.82) is 0 Å². The fourth-order valence-corrected chi connectivity index (χ4v) is 4.02. The normalized spacial score (nSPS) is 15.7. The molecule has 0 bridgehead atoms. The van der Waals surface area contributed by atoms with Crippen LogP contribution in [0.3, 0.4) is 0 Å². The minimum absolute atomic E-state index is 0.0677. The van der Waals surface area contributed by atoms with Crippen molar-refractivity contribution in [3.8, 4) is 11.4 Å². The van der Waals surface area contributed by atoms with E-state index < -0.39 is 0 Å². The number of hydrogen-bond acceptors (Lipinski definition) is 5. The molecule has 0 N–H and O–H groups in total. The number of carbonyl (C=O) groups excluding carboxylic acids is 1. The number of amides is 1. The number of carbonyl (C=O) groups is 1. The van der Waals surface area contributed by atoms with Gasteiger partial charge in [0.1, 0.15) is 5.82 Å². The quantitative estimate of drug-likeness (QED) is 0.549. The first kappa shape index (κ1) is 22.1. The number of benzene rings is 2. The summed E-state index contributed by atoms with van der Waals surface area (Å²) in [5.74, 6) is 0.822. The summed E-state index contributed by atoms with van der Waals surface area (Å²) in [6.45, 7) is 6.63. The highest BCUT2D eigenvalue weighted by atomic mass is 19.1. The van der Waals surface area contributed by atoms with Crippen molar-refractivity contribution in [2.75, 3.05) is 26.2 Å². The molecule has 3 aromatic rings. The van der Waals surface area contributed by atoms with Gasteiger partial charge in [-0.1, -0.05) is 47.6 Å². The van der Waals surface area contributed by atoms with Gasteiger partial charge in [-0.3, -0.25) is 9.69 Å². The standard InChI is InChI=1S/C25H29FN4O2/c1-18-11-12-21(17-22(18)26)24-27-25(32-28-24)19(2)29-13-15-30(16-14-29)23(31)10-6-9-20-7-4-3-5-8-20/h3-5,7-8,11-12,17,19H,6,9-10,13-16H2,1-2H3. The van der Waals surface area contributed by atoms with Gasteiger partial charge in [-0.15, -0.1) is 0 Å². The molecule has 6 nitrogen and oxygen atoms in total. The number of nitrogens with zero attached hydrogens (tertiary/aromatic N) is 4. The van der Waals surface area contributed by atoms with E-state index in [1.165, 1.54) is 11.6 Å². The first-order chi connectivity index (χ1) is 15.5. The van der Waals surface area contributed by atoms with Gasteiger partial charge in [0.15, 0.2) is 0 Å². The van der Waals surface area contributed by atoms with Crippen molar-refractivity contribution in [2.24, 2.45) is 0 Å². The van der Waals surface area contributed by atoms with Gasteiger partial charge >= 0.3 is 0 Å². The van der Waals surface area contributed by atoms with Crippen molar-refractivity contribution in [3.63, 3.8) is 0 Å². The van der Waals surface area contributed by atoms with Crippen molar-refractivity contribution in [3.05, 3.63) is 71.4 Å². The lowest BCUT2D eigenvalue weighted by molar-refractivity contribution is -0.133. The molecule has 168 valence electrons. The van der Waals surface area contributed by atoms with Gasteiger partial charge in [0.05, 0.1) is 6.04 Å². The summed E-state index contributed by atoms with van der Waals surface area (Å²) in [7, 11) is 0. The van der Waals surface area contributed by atoms with Crippen LogP contribution < -0.4 is 0 Å². The Morgan fingerprint density at radius 3 is 2.59 bits per heavy atom. The Bertz CT molecular complexity index is 1050. The molecule has 1 amide bonds. The van der Waals surface area contributed by atoms with E-state index in [4.69, 9.17) is 4.52 Å². The zero-order chi connectivity index (χ0) is 22.5. The Morgan fingerprint density at radius 1 is 1.12 bits per heavy atom. The van der Waals surface area contributed by atoms with Crippen molar-refractivity contribution in [1.82, 2.24) is 19.9 Å². The van der Waals surface area contributed by atoms with Crippen LogP contribution in [0.4, 0.5) is 4.39 Å². The molecule has 7 heteroatoms. The van der Waals surface area contributed by atoms with Crippen LogP contribution in [0.1, 0.15) is 42.8 Å². The van der Waals surface area contributed by atoms with Gasteiger partial charge in [0.25, 0.3) is 0 Å². The van der Waals surface area contributed by atoms with Crippen LogP contribution in [0.2, 0.25) is 0 Å². The maximum atomic E-state index is 13.9. The Hall–Kier alpha value is -3.06. The zero-order valence-corrected chi connectivity index (χ0v) is 18.6. The molecule has 0 aliphatic carbocycles. The molecule has 0 saturated carbocycles. The number of aromatic nitrogens is 2. The number of hydrogen-bond donors (Lipinski definition) is 0. The molecule has 0 radical (unpaired) electrons. The average Bonchev–Trinajstić information content (AvgIpc) is 3.31. The molecule has 0 spiro atoms. The summed E-state index contributed by atoms with van der Waals surface area (Å²) in [5.41, 5.74) is 2.45. The Labute approximate surface area is 188 Å². The number of rotatable bonds is 7. The van der Waals surface area contributed by atoms with Crippen LogP contribution in [0.15, 0.2) is 53.1 Å². The van der Waals surface area contributed by atoms with Gasteiger partial charge in [0.2, 0.25) is 17.6 Å². The molecule has 1 fully saturated rings. The molecule has 2 heterocycles. The van der Waals surface area contributed by atoms with Gasteiger partial charge in [-0.25, -0.2) is 4.39 Å². The third kappa shape index (κ3) is 5.22. The highest BCUT2D eigenvalue weighted by molar-refractivity contribution is 5.76. The maximum Gasteiger partial charge on any atom is 0.244 e. The molecule has 1 aliphatic heterocycles. The SMILES string of the molecule is Cc1ccc(-c2noc(C(C)N3CCN(C(=O)CCCc4ccccc4)CC3)n2)cc1F. The molecule has 32 heavy (non-hydrogen) atoms. The highest BCUT2D eigenvalue weighted by Gasteiger charge is 2.27. The van der Waals surface area contributed by atoms with E-state index in [2.05, 4.69) is 27.2 Å². The largest absolute Gasteiger partial charge is 0.340 e. The smallest absolute Gasteiger partial charge is 0.244 e. The predicted molar refractivity (Wildman–Crippen MR) is 120 cm³/mol. The van der Waals surface area contributed by atoms with Crippen LogP contribution >= 0.6 is 0 Å². The van der Waals surface area contributed by atoms with E-state index in [-0.39, 0.29) is 17.8 Å². The Balaban J connectivity index is 1.27. The topological polar surface area (TPSA) is 62.5 Å². The van der Waals surface area contributed by atoms with Crippen molar-refractivity contribution < 1.29 is 13.7 Å².